The molecule has 1 unspecified atom stereocenters. The molecule has 15 heavy (non-hydrogen) atoms. The minimum absolute atomic E-state index is 0.127. The van der Waals surface area contributed by atoms with Crippen LogP contribution >= 0.6 is 0 Å². The standard InChI is InChI=1S/C14H23N/c1-5-12(4)11-13(6-2)9-8-10-14(15)7-3/h5-6,9-10,14H,7,11,15H2,1-4H3/b12-5+,13-6+. The summed E-state index contributed by atoms with van der Waals surface area (Å²) in [6.45, 7) is 8.33. The highest BCUT2D eigenvalue weighted by Crippen LogP contribution is 2.10. The molecule has 0 saturated carbocycles. The van der Waals surface area contributed by atoms with Crippen LogP contribution in [0.5, 0.6) is 0 Å². The number of hydrogen-bond acceptors (Lipinski definition) is 1. The van der Waals surface area contributed by atoms with Crippen molar-refractivity contribution in [2.75, 3.05) is 0 Å². The Balaban J connectivity index is 4.41. The summed E-state index contributed by atoms with van der Waals surface area (Å²) in [7, 11) is 0. The Morgan fingerprint density at radius 1 is 1.33 bits per heavy atom. The van der Waals surface area contributed by atoms with Crippen molar-refractivity contribution in [2.45, 2.75) is 46.6 Å². The molecule has 2 N–H and O–H groups in total. The molecule has 1 heteroatoms. The van der Waals surface area contributed by atoms with Crippen molar-refractivity contribution >= 4 is 0 Å². The Morgan fingerprint density at radius 3 is 2.47 bits per heavy atom. The van der Waals surface area contributed by atoms with E-state index in [0.29, 0.717) is 0 Å². The van der Waals surface area contributed by atoms with Gasteiger partial charge in [-0.25, -0.2) is 0 Å². The van der Waals surface area contributed by atoms with Crippen LogP contribution in [0.1, 0.15) is 40.5 Å². The first kappa shape index (κ1) is 14.0. The first-order chi connectivity index (χ1) is 7.13. The molecule has 84 valence electrons. The highest BCUT2D eigenvalue weighted by Gasteiger charge is 1.92. The summed E-state index contributed by atoms with van der Waals surface area (Å²) in [5.41, 5.74) is 11.6. The third-order valence-electron chi connectivity index (χ3n) is 2.40. The van der Waals surface area contributed by atoms with Gasteiger partial charge in [0.15, 0.2) is 0 Å². The van der Waals surface area contributed by atoms with E-state index in [1.54, 1.807) is 0 Å². The largest absolute Gasteiger partial charge is 0.324 e. The van der Waals surface area contributed by atoms with Crippen molar-refractivity contribution in [1.29, 1.82) is 0 Å². The molecule has 0 aromatic carbocycles. The van der Waals surface area contributed by atoms with E-state index >= 15 is 0 Å². The van der Waals surface area contributed by atoms with Crippen LogP contribution in [-0.4, -0.2) is 6.04 Å². The highest BCUT2D eigenvalue weighted by molar-refractivity contribution is 5.23. The Hall–Kier alpha value is -1.04. The van der Waals surface area contributed by atoms with Crippen LogP contribution in [0.15, 0.2) is 41.2 Å². The molecular weight excluding hydrogens is 182 g/mol. The van der Waals surface area contributed by atoms with E-state index in [4.69, 9.17) is 5.73 Å². The molecule has 0 aromatic heterocycles. The van der Waals surface area contributed by atoms with Crippen LogP contribution < -0.4 is 5.73 Å². The quantitative estimate of drug-likeness (QED) is 0.413. The zero-order valence-electron chi connectivity index (χ0n) is 10.4. The van der Waals surface area contributed by atoms with Gasteiger partial charge in [0.05, 0.1) is 0 Å². The third kappa shape index (κ3) is 6.96. The minimum atomic E-state index is 0.127. The summed E-state index contributed by atoms with van der Waals surface area (Å²) in [5.74, 6) is 0. The maximum Gasteiger partial charge on any atom is 0.0296 e. The van der Waals surface area contributed by atoms with Crippen LogP contribution in [0, 0.1) is 0 Å². The van der Waals surface area contributed by atoms with Gasteiger partial charge in [-0.2, -0.15) is 0 Å². The molecule has 0 aliphatic carbocycles. The van der Waals surface area contributed by atoms with Crippen molar-refractivity contribution in [3.05, 3.63) is 41.2 Å². The number of allylic oxidation sites excluding steroid dienone is 4. The zero-order valence-corrected chi connectivity index (χ0v) is 10.4. The normalized spacial score (nSPS) is 14.5. The fourth-order valence-corrected chi connectivity index (χ4v) is 1.06. The monoisotopic (exact) mass is 205 g/mol. The van der Waals surface area contributed by atoms with E-state index < -0.39 is 0 Å². The summed E-state index contributed by atoms with van der Waals surface area (Å²) in [5, 5.41) is 0. The fraction of sp³-hybridized carbons (Fsp3) is 0.500. The van der Waals surface area contributed by atoms with E-state index in [9.17, 15) is 0 Å². The van der Waals surface area contributed by atoms with Crippen LogP contribution in [0.25, 0.3) is 0 Å². The molecule has 0 aliphatic heterocycles. The molecule has 0 saturated heterocycles. The predicted octanol–water partition coefficient (Wildman–Crippen LogP) is 3.74. The zero-order chi connectivity index (χ0) is 11.7. The van der Waals surface area contributed by atoms with Gasteiger partial charge in [0, 0.05) is 6.04 Å². The Labute approximate surface area is 94.1 Å². The molecule has 1 nitrogen and oxygen atoms in total. The SMILES string of the molecule is C/C=C(\C=C=CC(N)CC)C/C(C)=C/C. The smallest absolute Gasteiger partial charge is 0.0296 e. The van der Waals surface area contributed by atoms with Gasteiger partial charge >= 0.3 is 0 Å². The number of rotatable bonds is 5. The Bertz CT molecular complexity index is 288. The van der Waals surface area contributed by atoms with E-state index in [2.05, 4.69) is 45.6 Å². The molecule has 0 fully saturated rings. The van der Waals surface area contributed by atoms with Crippen molar-refractivity contribution in [3.63, 3.8) is 0 Å². The maximum absolute atomic E-state index is 5.76. The van der Waals surface area contributed by atoms with Gasteiger partial charge in [-0.1, -0.05) is 24.6 Å². The third-order valence-corrected chi connectivity index (χ3v) is 2.40. The number of nitrogens with two attached hydrogens (primary N) is 1. The fourth-order valence-electron chi connectivity index (χ4n) is 1.06. The molecule has 0 aliphatic rings. The molecule has 0 rings (SSSR count). The average Bonchev–Trinajstić information content (AvgIpc) is 2.26. The first-order valence-corrected chi connectivity index (χ1v) is 5.59. The Kier molecular flexibility index (Phi) is 7.71. The van der Waals surface area contributed by atoms with Crippen LogP contribution in [0.4, 0.5) is 0 Å². The van der Waals surface area contributed by atoms with Crippen molar-refractivity contribution in [2.24, 2.45) is 5.73 Å². The highest BCUT2D eigenvalue weighted by atomic mass is 14.6. The van der Waals surface area contributed by atoms with Gasteiger partial charge in [0.1, 0.15) is 0 Å². The molecule has 1 atom stereocenters. The van der Waals surface area contributed by atoms with Gasteiger partial charge in [-0.15, -0.1) is 5.73 Å². The van der Waals surface area contributed by atoms with Crippen molar-refractivity contribution < 1.29 is 0 Å². The molecule has 0 heterocycles. The molecule has 0 radical (unpaired) electrons. The van der Waals surface area contributed by atoms with Gasteiger partial charge in [-0.3, -0.25) is 0 Å². The molecular formula is C14H23N. The van der Waals surface area contributed by atoms with Gasteiger partial charge < -0.3 is 5.73 Å². The lowest BCUT2D eigenvalue weighted by molar-refractivity contribution is 0.783. The van der Waals surface area contributed by atoms with E-state index in [1.807, 2.05) is 12.2 Å². The van der Waals surface area contributed by atoms with Crippen molar-refractivity contribution in [1.82, 2.24) is 0 Å². The van der Waals surface area contributed by atoms with Gasteiger partial charge in [-0.05, 0) is 51.3 Å². The predicted molar refractivity (Wildman–Crippen MR) is 68.7 cm³/mol. The van der Waals surface area contributed by atoms with Gasteiger partial charge in [0.25, 0.3) is 0 Å². The molecule has 0 aromatic rings. The second kappa shape index (κ2) is 8.28. The Morgan fingerprint density at radius 2 is 2.00 bits per heavy atom. The van der Waals surface area contributed by atoms with Crippen LogP contribution in [-0.2, 0) is 0 Å². The first-order valence-electron chi connectivity index (χ1n) is 5.59. The summed E-state index contributed by atoms with van der Waals surface area (Å²) in [6.07, 6.45) is 10.1. The van der Waals surface area contributed by atoms with E-state index in [0.717, 1.165) is 12.8 Å². The minimum Gasteiger partial charge on any atom is -0.324 e. The summed E-state index contributed by atoms with van der Waals surface area (Å²) < 4.78 is 0. The molecule has 0 spiro atoms. The van der Waals surface area contributed by atoms with E-state index in [-0.39, 0.29) is 6.04 Å². The maximum atomic E-state index is 5.76. The number of hydrogen-bond donors (Lipinski definition) is 1. The summed E-state index contributed by atoms with van der Waals surface area (Å²) >= 11 is 0. The lowest BCUT2D eigenvalue weighted by atomic mass is 10.1. The van der Waals surface area contributed by atoms with Gasteiger partial charge in [0.2, 0.25) is 0 Å². The molecule has 0 amide bonds. The second-order valence-electron chi connectivity index (χ2n) is 3.73. The van der Waals surface area contributed by atoms with Crippen molar-refractivity contribution in [3.8, 4) is 0 Å². The summed E-state index contributed by atoms with van der Waals surface area (Å²) in [6, 6.07) is 0.127. The van der Waals surface area contributed by atoms with E-state index in [1.165, 1.54) is 11.1 Å². The average molecular weight is 205 g/mol. The summed E-state index contributed by atoms with van der Waals surface area (Å²) in [4.78, 5) is 0. The van der Waals surface area contributed by atoms with Crippen LogP contribution in [0.3, 0.4) is 0 Å². The lowest BCUT2D eigenvalue weighted by Crippen LogP contribution is -2.13. The second-order valence-corrected chi connectivity index (χ2v) is 3.73. The van der Waals surface area contributed by atoms with Crippen LogP contribution in [0.2, 0.25) is 0 Å². The molecule has 0 bridgehead atoms. The lowest BCUT2D eigenvalue weighted by Gasteiger charge is -2.00. The topological polar surface area (TPSA) is 26.0 Å².